The molecule has 204 valence electrons. The second kappa shape index (κ2) is 12.1. The largest absolute Gasteiger partial charge is 0.462 e. The van der Waals surface area contributed by atoms with Gasteiger partial charge >= 0.3 is 16.3 Å². The highest BCUT2D eigenvalue weighted by molar-refractivity contribution is 7.85. The minimum Gasteiger partial charge on any atom is -0.462 e. The molecule has 19 heteroatoms. The Morgan fingerprint density at radius 3 is 2.37 bits per heavy atom. The normalized spacial score (nSPS) is 34.6. The average molecular weight is 553 g/mol. The molecule has 2 rings (SSSR count). The van der Waals surface area contributed by atoms with Crippen LogP contribution in [0.25, 0.3) is 0 Å². The van der Waals surface area contributed by atoms with Crippen molar-refractivity contribution in [2.75, 3.05) is 25.5 Å². The summed E-state index contributed by atoms with van der Waals surface area (Å²) < 4.78 is 77.4. The second-order valence-corrected chi connectivity index (χ2v) is 10.6. The van der Waals surface area contributed by atoms with Gasteiger partial charge in [-0.25, -0.2) is 9.18 Å². The Hall–Kier alpha value is -1.52. The molecule has 0 bridgehead atoms. The number of amides is 1. The van der Waals surface area contributed by atoms with Crippen molar-refractivity contribution in [3.05, 3.63) is 0 Å². The third kappa shape index (κ3) is 8.82. The highest BCUT2D eigenvalue weighted by Gasteiger charge is 2.50. The van der Waals surface area contributed by atoms with Gasteiger partial charge < -0.3 is 35.2 Å². The first-order valence-corrected chi connectivity index (χ1v) is 13.3. The van der Waals surface area contributed by atoms with Gasteiger partial charge in [0.1, 0.15) is 36.1 Å². The lowest BCUT2D eigenvalue weighted by molar-refractivity contribution is -0.463. The Morgan fingerprint density at radius 2 is 1.86 bits per heavy atom. The maximum absolute atomic E-state index is 11.7. The number of aliphatic hydroxyl groups is 4. The lowest BCUT2D eigenvalue weighted by Gasteiger charge is -2.44. The van der Waals surface area contributed by atoms with Crippen molar-refractivity contribution in [2.45, 2.75) is 62.2 Å². The number of rotatable bonds is 11. The fourth-order valence-electron chi connectivity index (χ4n) is 3.78. The molecule has 9 N–H and O–H groups in total. The van der Waals surface area contributed by atoms with E-state index in [4.69, 9.17) is 18.6 Å². The van der Waals surface area contributed by atoms with Crippen LogP contribution in [0.2, 0.25) is 0 Å². The third-order valence-corrected chi connectivity index (χ3v) is 6.48. The van der Waals surface area contributed by atoms with Gasteiger partial charge in [-0.3, -0.25) is 19.2 Å². The molecular weight excluding hydrogens is 522 g/mol. The molecule has 0 aliphatic carbocycles. The van der Waals surface area contributed by atoms with E-state index in [-0.39, 0.29) is 13.0 Å². The molecule has 17 nitrogen and oxygen atoms in total. The summed E-state index contributed by atoms with van der Waals surface area (Å²) in [4.78, 5) is 14.1. The SMILES string of the molecule is CC(=O)N[C@H]1[C@H](O[C@H]2C[C@@H](C(O)=[NH+]CCS(=O)(=O)O)N[C@@H]2CO)O[C@H](CO)[C@@H](OS(=O)(=O)O)[C@@H]1O. The van der Waals surface area contributed by atoms with E-state index < -0.39 is 100 Å². The maximum atomic E-state index is 11.7. The highest BCUT2D eigenvalue weighted by Crippen LogP contribution is 2.29. The smallest absolute Gasteiger partial charge is 0.397 e. The fraction of sp³-hybridized carbons (Fsp3) is 0.875. The standard InChI is InChI=1S/C16H29N3O14S2/c1-7(22)18-12-13(23)14(33-35(28,29)30)11(6-21)32-16(12)31-10-4-8(19-9(10)5-20)15(24)17-2-3-34(25,26)27/h8-14,16,19-21,23H,2-6H2,1H3,(H,17,24)(H,18,22)(H,25,26,27)(H,28,29,30)/p+1/t8-,9+,10-,11+,12+,13+,14+,16+/m0/s1. The molecule has 2 heterocycles. The maximum Gasteiger partial charge on any atom is 0.397 e. The molecule has 1 amide bonds. The molecule has 0 aromatic heterocycles. The van der Waals surface area contributed by atoms with Gasteiger partial charge in [0, 0.05) is 13.3 Å². The van der Waals surface area contributed by atoms with E-state index in [9.17, 15) is 42.1 Å². The summed E-state index contributed by atoms with van der Waals surface area (Å²) in [5.41, 5.74) is 0. The van der Waals surface area contributed by atoms with Crippen LogP contribution in [0.4, 0.5) is 0 Å². The van der Waals surface area contributed by atoms with Crippen LogP contribution in [0.1, 0.15) is 13.3 Å². The predicted molar refractivity (Wildman–Crippen MR) is 113 cm³/mol. The molecule has 8 atom stereocenters. The Labute approximate surface area is 200 Å². The molecule has 2 fully saturated rings. The summed E-state index contributed by atoms with van der Waals surface area (Å²) in [6.45, 7) is -0.591. The molecule has 0 radical (unpaired) electrons. The number of carbonyl (C=O) groups excluding carboxylic acids is 1. The van der Waals surface area contributed by atoms with E-state index in [0.29, 0.717) is 0 Å². The van der Waals surface area contributed by atoms with Crippen molar-refractivity contribution in [3.63, 3.8) is 0 Å². The van der Waals surface area contributed by atoms with Crippen LogP contribution in [0.5, 0.6) is 0 Å². The summed E-state index contributed by atoms with van der Waals surface area (Å²) >= 11 is 0. The molecular formula is C16H30N3O14S2+. The van der Waals surface area contributed by atoms with E-state index in [2.05, 4.69) is 19.8 Å². The minimum atomic E-state index is -5.08. The van der Waals surface area contributed by atoms with Gasteiger partial charge in [0.25, 0.3) is 10.1 Å². The first-order valence-electron chi connectivity index (χ1n) is 10.3. The Bertz CT molecular complexity index is 974. The Balaban J connectivity index is 2.19. The summed E-state index contributed by atoms with van der Waals surface area (Å²) in [7, 11) is -9.34. The van der Waals surface area contributed by atoms with Gasteiger partial charge in [0.2, 0.25) is 5.91 Å². The predicted octanol–water partition coefficient (Wildman–Crippen LogP) is -6.21. The highest BCUT2D eigenvalue weighted by atomic mass is 32.3. The number of carbonyl (C=O) groups is 1. The zero-order valence-electron chi connectivity index (χ0n) is 18.4. The van der Waals surface area contributed by atoms with Gasteiger partial charge in [-0.2, -0.15) is 16.8 Å². The van der Waals surface area contributed by atoms with Crippen molar-refractivity contribution in [1.29, 1.82) is 0 Å². The van der Waals surface area contributed by atoms with Gasteiger partial charge in [0.05, 0.1) is 25.4 Å². The topological polar surface area (TPSA) is 272 Å². The lowest BCUT2D eigenvalue weighted by Crippen LogP contribution is -2.77. The summed E-state index contributed by atoms with van der Waals surface area (Å²) in [5.74, 6) is -1.75. The van der Waals surface area contributed by atoms with E-state index in [1.165, 1.54) is 0 Å². The van der Waals surface area contributed by atoms with Gasteiger partial charge in [0.15, 0.2) is 12.8 Å². The van der Waals surface area contributed by atoms with Gasteiger partial charge in [-0.1, -0.05) is 0 Å². The average Bonchev–Trinajstić information content (AvgIpc) is 3.13. The molecule has 0 aromatic rings. The number of hydrogen-bond acceptors (Lipinski definition) is 12. The molecule has 2 aliphatic rings. The Kier molecular flexibility index (Phi) is 10.3. The molecule has 0 saturated carbocycles. The van der Waals surface area contributed by atoms with Crippen LogP contribution in [0.3, 0.4) is 0 Å². The van der Waals surface area contributed by atoms with Crippen LogP contribution < -0.4 is 15.6 Å². The van der Waals surface area contributed by atoms with Crippen molar-refractivity contribution >= 4 is 32.3 Å². The number of nitrogens with one attached hydrogen (secondary N) is 3. The van der Waals surface area contributed by atoms with Crippen molar-refractivity contribution in [2.24, 2.45) is 0 Å². The van der Waals surface area contributed by atoms with Crippen LogP contribution in [0.15, 0.2) is 0 Å². The van der Waals surface area contributed by atoms with Crippen molar-refractivity contribution < 1.29 is 69.8 Å². The summed E-state index contributed by atoms with van der Waals surface area (Å²) in [6, 6.07) is -3.11. The fourth-order valence-corrected chi connectivity index (χ4v) is 4.65. The molecule has 2 saturated heterocycles. The number of hydrogen-bond donors (Lipinski definition) is 9. The first kappa shape index (κ1) is 29.7. The van der Waals surface area contributed by atoms with E-state index in [1.54, 1.807) is 0 Å². The first-order chi connectivity index (χ1) is 16.1. The second-order valence-electron chi connectivity index (χ2n) is 7.95. The Morgan fingerprint density at radius 1 is 1.20 bits per heavy atom. The van der Waals surface area contributed by atoms with Crippen LogP contribution in [-0.2, 0) is 39.0 Å². The molecule has 2 aliphatic heterocycles. The zero-order chi connectivity index (χ0) is 26.6. The van der Waals surface area contributed by atoms with Gasteiger partial charge in [-0.05, 0) is 0 Å². The molecule has 0 aromatic carbocycles. The quantitative estimate of drug-likeness (QED) is 0.0655. The number of ether oxygens (including phenoxy) is 2. The van der Waals surface area contributed by atoms with Gasteiger partial charge in [-0.15, -0.1) is 0 Å². The van der Waals surface area contributed by atoms with E-state index >= 15 is 0 Å². The summed E-state index contributed by atoms with van der Waals surface area (Å²) in [5, 5.41) is 45.3. The van der Waals surface area contributed by atoms with E-state index in [1.807, 2.05) is 0 Å². The molecule has 35 heavy (non-hydrogen) atoms. The third-order valence-electron chi connectivity index (χ3n) is 5.29. The van der Waals surface area contributed by atoms with Crippen molar-refractivity contribution in [1.82, 2.24) is 10.6 Å². The lowest BCUT2D eigenvalue weighted by atomic mass is 9.96. The van der Waals surface area contributed by atoms with Crippen LogP contribution >= 0.6 is 0 Å². The minimum absolute atomic E-state index is 0.0204. The molecule has 0 unspecified atom stereocenters. The monoisotopic (exact) mass is 552 g/mol. The number of aliphatic hydroxyl groups excluding tert-OH is 4. The van der Waals surface area contributed by atoms with E-state index in [0.717, 1.165) is 6.92 Å². The van der Waals surface area contributed by atoms with Crippen LogP contribution in [0, 0.1) is 0 Å². The zero-order valence-corrected chi connectivity index (χ0v) is 20.1. The van der Waals surface area contributed by atoms with Crippen LogP contribution in [-0.4, -0.2) is 133 Å². The van der Waals surface area contributed by atoms with Crippen molar-refractivity contribution in [3.8, 4) is 0 Å². The molecule has 0 spiro atoms. The summed E-state index contributed by atoms with van der Waals surface area (Å²) in [6.07, 6.45) is -7.60.